The summed E-state index contributed by atoms with van der Waals surface area (Å²) >= 11 is 3.29. The average Bonchev–Trinajstić information content (AvgIpc) is 2.07. The maximum atomic E-state index is 7.52. The third kappa shape index (κ3) is 2.40. The summed E-state index contributed by atoms with van der Waals surface area (Å²) in [6.45, 7) is 0.712. The van der Waals surface area contributed by atoms with Gasteiger partial charge in [-0.3, -0.25) is 0 Å². The van der Waals surface area contributed by atoms with Crippen LogP contribution in [-0.4, -0.2) is 11.9 Å². The fraction of sp³-hybridized carbons (Fsp3) is 0.250. The number of halogens is 1. The Morgan fingerprint density at radius 3 is 2.70 bits per heavy atom. The highest BCUT2D eigenvalue weighted by Crippen LogP contribution is 2.03. The van der Waals surface area contributed by atoms with E-state index in [-0.39, 0.29) is 0 Å². The van der Waals surface area contributed by atoms with E-state index in [2.05, 4.69) is 15.9 Å². The average molecular weight is 202 g/mol. The van der Waals surface area contributed by atoms with Gasteiger partial charge in [-0.05, 0) is 12.1 Å². The first-order valence-electron chi connectivity index (χ1n) is 3.66. The van der Waals surface area contributed by atoms with E-state index in [1.54, 1.807) is 0 Å². The number of hydrogen-bond acceptors (Lipinski definition) is 1. The van der Waals surface area contributed by atoms with Crippen molar-refractivity contribution >= 4 is 21.6 Å². The van der Waals surface area contributed by atoms with Crippen LogP contribution in [0.5, 0.6) is 0 Å². The van der Waals surface area contributed by atoms with Crippen LogP contribution in [0.15, 0.2) is 30.3 Å². The smallest absolute Gasteiger partial charge is 0.160 e. The Hall–Kier alpha value is -0.500. The van der Waals surface area contributed by atoms with Crippen LogP contribution in [0.1, 0.15) is 0 Å². The van der Waals surface area contributed by atoms with Crippen LogP contribution >= 0.6 is 15.9 Å². The zero-order valence-electron chi connectivity index (χ0n) is 6.63. The minimum atomic E-state index is 0.712. The van der Waals surface area contributed by atoms with Crippen LogP contribution in [0.4, 0.5) is 5.69 Å². The van der Waals surface area contributed by atoms with E-state index in [0.29, 0.717) is 6.54 Å². The fourth-order valence-electron chi connectivity index (χ4n) is 0.705. The van der Waals surface area contributed by atoms with Crippen molar-refractivity contribution < 1.29 is 1.41 Å². The SMILES string of the molecule is [3H]N(CCBr)c1ccccc1. The van der Waals surface area contributed by atoms with E-state index < -0.39 is 0 Å². The normalized spacial score (nSPS) is 10.7. The molecule has 0 aromatic heterocycles. The van der Waals surface area contributed by atoms with Gasteiger partial charge in [-0.25, -0.2) is 0 Å². The van der Waals surface area contributed by atoms with Crippen molar-refractivity contribution in [3.05, 3.63) is 30.3 Å². The summed E-state index contributed by atoms with van der Waals surface area (Å²) in [5, 5.41) is 2.29. The molecule has 0 spiro atoms. The summed E-state index contributed by atoms with van der Waals surface area (Å²) in [6, 6.07) is 9.67. The second-order valence-corrected chi connectivity index (χ2v) is 2.70. The van der Waals surface area contributed by atoms with E-state index in [0.717, 1.165) is 11.0 Å². The number of anilines is 1. The lowest BCUT2D eigenvalue weighted by Gasteiger charge is -2.01. The Labute approximate surface area is 71.0 Å². The molecule has 1 N–H and O–H groups in total. The van der Waals surface area contributed by atoms with Crippen molar-refractivity contribution in [2.75, 3.05) is 17.2 Å². The molecule has 1 nitrogen and oxygen atoms in total. The van der Waals surface area contributed by atoms with Crippen molar-refractivity contribution in [1.82, 2.24) is 0 Å². The van der Waals surface area contributed by atoms with Gasteiger partial charge in [0.15, 0.2) is 1.41 Å². The molecule has 0 atom stereocenters. The van der Waals surface area contributed by atoms with Crippen LogP contribution < -0.4 is 5.31 Å². The van der Waals surface area contributed by atoms with E-state index in [4.69, 9.17) is 1.41 Å². The molecule has 0 amide bonds. The molecule has 2 heteroatoms. The summed E-state index contributed by atoms with van der Waals surface area (Å²) in [5.41, 5.74) is 0.937. The first kappa shape index (κ1) is 6.23. The molecule has 0 radical (unpaired) electrons. The number of nitrogens with one attached hydrogen (secondary N) is 1. The standard InChI is InChI=1S/C8H10BrN/c9-6-7-10-8-4-2-1-3-5-8/h1-5,10H,6-7H2/i/hT. The molecule has 0 aliphatic heterocycles. The molecule has 0 aliphatic rings. The maximum absolute atomic E-state index is 7.52. The van der Waals surface area contributed by atoms with Gasteiger partial charge < -0.3 is 5.31 Å². The van der Waals surface area contributed by atoms with Crippen molar-refractivity contribution in [3.8, 4) is 0 Å². The van der Waals surface area contributed by atoms with Crippen LogP contribution in [0.25, 0.3) is 0 Å². The monoisotopic (exact) mass is 201 g/mol. The summed E-state index contributed by atoms with van der Waals surface area (Å²) in [5.74, 6) is 0. The van der Waals surface area contributed by atoms with Gasteiger partial charge in [-0.2, -0.15) is 0 Å². The Bertz CT molecular complexity index is 203. The topological polar surface area (TPSA) is 12.0 Å². The third-order valence-electron chi connectivity index (χ3n) is 1.14. The van der Waals surface area contributed by atoms with Gasteiger partial charge in [0.25, 0.3) is 0 Å². The van der Waals surface area contributed by atoms with Gasteiger partial charge in [0.05, 0.1) is 0 Å². The zero-order chi connectivity index (χ0) is 8.10. The number of hydrogen-bond donors (Lipinski definition) is 1. The van der Waals surface area contributed by atoms with Gasteiger partial charge in [0, 0.05) is 17.6 Å². The molecular weight excluding hydrogens is 190 g/mol. The van der Waals surface area contributed by atoms with Gasteiger partial charge in [0.2, 0.25) is 0 Å². The predicted octanol–water partition coefficient (Wildman–Crippen LogP) is 2.49. The molecule has 0 unspecified atom stereocenters. The van der Waals surface area contributed by atoms with Crippen molar-refractivity contribution in [2.24, 2.45) is 0 Å². The van der Waals surface area contributed by atoms with Crippen molar-refractivity contribution in [2.45, 2.75) is 0 Å². The Kier molecular flexibility index (Phi) is 2.70. The molecule has 0 bridgehead atoms. The minimum Gasteiger partial charge on any atom is -0.384 e. The molecule has 0 fully saturated rings. The maximum Gasteiger partial charge on any atom is 0.160 e. The number of rotatable bonds is 3. The van der Waals surface area contributed by atoms with Gasteiger partial charge in [-0.1, -0.05) is 34.1 Å². The van der Waals surface area contributed by atoms with Crippen LogP contribution in [-0.2, 0) is 0 Å². The largest absolute Gasteiger partial charge is 0.384 e. The molecule has 0 saturated heterocycles. The highest BCUT2D eigenvalue weighted by atomic mass is 79.9. The highest BCUT2D eigenvalue weighted by Gasteiger charge is 1.84. The van der Waals surface area contributed by atoms with Crippen molar-refractivity contribution in [1.29, 1.82) is 0 Å². The third-order valence-corrected chi connectivity index (χ3v) is 1.49. The van der Waals surface area contributed by atoms with E-state index in [1.165, 1.54) is 5.31 Å². The lowest BCUT2D eigenvalue weighted by molar-refractivity contribution is 1.24. The fourth-order valence-corrected chi connectivity index (χ4v) is 0.882. The summed E-state index contributed by atoms with van der Waals surface area (Å²) in [7, 11) is 0. The summed E-state index contributed by atoms with van der Waals surface area (Å²) in [6.07, 6.45) is 0. The quantitative estimate of drug-likeness (QED) is 0.742. The molecule has 1 aromatic rings. The summed E-state index contributed by atoms with van der Waals surface area (Å²) in [4.78, 5) is 0. The number of para-hydroxylation sites is 1. The van der Waals surface area contributed by atoms with Gasteiger partial charge in [0.1, 0.15) is 0 Å². The molecule has 10 heavy (non-hydrogen) atoms. The molecular formula is C8H10BrN. The Morgan fingerprint density at radius 2 is 2.10 bits per heavy atom. The zero-order valence-corrected chi connectivity index (χ0v) is 7.21. The van der Waals surface area contributed by atoms with E-state index in [9.17, 15) is 0 Å². The number of benzene rings is 1. The Balaban J connectivity index is 2.61. The van der Waals surface area contributed by atoms with E-state index >= 15 is 0 Å². The van der Waals surface area contributed by atoms with E-state index in [1.807, 2.05) is 30.3 Å². The minimum absolute atomic E-state index is 0.712. The van der Waals surface area contributed by atoms with Crippen LogP contribution in [0.2, 0.25) is 1.41 Å². The lowest BCUT2D eigenvalue weighted by atomic mass is 10.3. The van der Waals surface area contributed by atoms with Crippen LogP contribution in [0, 0.1) is 0 Å². The molecule has 1 rings (SSSR count). The molecule has 1 aromatic carbocycles. The number of alkyl halides is 1. The predicted molar refractivity (Wildman–Crippen MR) is 48.7 cm³/mol. The molecule has 54 valence electrons. The Morgan fingerprint density at radius 1 is 1.40 bits per heavy atom. The molecule has 0 saturated carbocycles. The van der Waals surface area contributed by atoms with Gasteiger partial charge >= 0.3 is 0 Å². The summed E-state index contributed by atoms with van der Waals surface area (Å²) < 4.78 is 7.52. The lowest BCUT2D eigenvalue weighted by Crippen LogP contribution is -2.00. The van der Waals surface area contributed by atoms with Gasteiger partial charge in [-0.15, -0.1) is 0 Å². The first-order chi connectivity index (χ1) is 5.34. The second kappa shape index (κ2) is 4.34. The first-order valence-corrected chi connectivity index (χ1v) is 4.34. The second-order valence-electron chi connectivity index (χ2n) is 1.91. The highest BCUT2D eigenvalue weighted by molar-refractivity contribution is 9.09. The molecule has 0 heterocycles. The van der Waals surface area contributed by atoms with Crippen LogP contribution in [0.3, 0.4) is 0 Å². The molecule has 0 aliphatic carbocycles. The van der Waals surface area contributed by atoms with Crippen molar-refractivity contribution in [3.63, 3.8) is 0 Å².